The molecule has 0 radical (unpaired) electrons. The van der Waals surface area contributed by atoms with E-state index in [0.717, 1.165) is 41.5 Å². The third-order valence-electron chi connectivity index (χ3n) is 5.51. The van der Waals surface area contributed by atoms with Gasteiger partial charge in [-0.3, -0.25) is 9.32 Å². The number of carbonyl (C=O) groups is 2. The van der Waals surface area contributed by atoms with Gasteiger partial charge in [0.1, 0.15) is 5.00 Å². The number of aromatic nitrogens is 2. The van der Waals surface area contributed by atoms with Crippen LogP contribution in [0.25, 0.3) is 5.69 Å². The largest absolute Gasteiger partial charge is 0.462 e. The average Bonchev–Trinajstić information content (AvgIpc) is 3.33. The van der Waals surface area contributed by atoms with Gasteiger partial charge in [0.15, 0.2) is 0 Å². The topological polar surface area (TPSA) is 105 Å². The van der Waals surface area contributed by atoms with Crippen molar-refractivity contribution in [3.8, 4) is 5.69 Å². The summed E-state index contributed by atoms with van der Waals surface area (Å²) in [6.07, 6.45) is 2.68. The van der Waals surface area contributed by atoms with E-state index in [1.165, 1.54) is 16.0 Å². The van der Waals surface area contributed by atoms with Gasteiger partial charge in [-0.25, -0.2) is 9.59 Å². The Morgan fingerprint density at radius 1 is 1.36 bits per heavy atom. The molecule has 10 heteroatoms. The normalized spacial score (nSPS) is 16.2. The van der Waals surface area contributed by atoms with Gasteiger partial charge in [-0.1, -0.05) is 25.1 Å². The number of nitrogens with zero attached hydrogens (tertiary/aromatic N) is 1. The van der Waals surface area contributed by atoms with Crippen LogP contribution in [0, 0.1) is 5.92 Å². The lowest BCUT2D eigenvalue weighted by Crippen LogP contribution is -2.37. The van der Waals surface area contributed by atoms with Crippen LogP contribution in [0.4, 0.5) is 5.00 Å². The van der Waals surface area contributed by atoms with E-state index in [-0.39, 0.29) is 17.5 Å². The monoisotopic (exact) mass is 488 g/mol. The summed E-state index contributed by atoms with van der Waals surface area (Å²) in [5.74, 6) is -0.184. The zero-order valence-corrected chi connectivity index (χ0v) is 20.3. The van der Waals surface area contributed by atoms with Crippen molar-refractivity contribution in [2.45, 2.75) is 50.3 Å². The summed E-state index contributed by atoms with van der Waals surface area (Å²) in [7, 11) is 0. The second-order valence-corrected chi connectivity index (χ2v) is 10.4. The number of rotatable bonds is 7. The number of anilines is 1. The van der Waals surface area contributed by atoms with Crippen molar-refractivity contribution in [3.05, 3.63) is 56.8 Å². The van der Waals surface area contributed by atoms with Crippen LogP contribution in [0.5, 0.6) is 0 Å². The SMILES string of the molecule is CCOC(=O)c1c(NC(=O)C(C)Sc2c(=O)o[nH][n+]2-c2ccccc2)sc2c1CCC(C)C2. The van der Waals surface area contributed by atoms with E-state index in [2.05, 4.69) is 17.5 Å². The first-order valence-corrected chi connectivity index (χ1v) is 12.6. The van der Waals surface area contributed by atoms with Crippen LogP contribution in [0.15, 0.2) is 44.7 Å². The molecule has 174 valence electrons. The lowest BCUT2D eigenvalue weighted by Gasteiger charge is -2.18. The van der Waals surface area contributed by atoms with Crippen molar-refractivity contribution in [2.75, 3.05) is 11.9 Å². The minimum absolute atomic E-state index is 0.258. The van der Waals surface area contributed by atoms with Gasteiger partial charge in [-0.15, -0.1) is 11.3 Å². The van der Waals surface area contributed by atoms with E-state index in [1.807, 2.05) is 30.3 Å². The summed E-state index contributed by atoms with van der Waals surface area (Å²) in [5, 5.41) is 5.65. The van der Waals surface area contributed by atoms with Gasteiger partial charge in [0, 0.05) is 17.0 Å². The van der Waals surface area contributed by atoms with E-state index in [4.69, 9.17) is 9.26 Å². The molecule has 0 fully saturated rings. The Morgan fingerprint density at radius 2 is 2.12 bits per heavy atom. The van der Waals surface area contributed by atoms with Crippen molar-refractivity contribution in [1.82, 2.24) is 5.27 Å². The average molecular weight is 489 g/mol. The first kappa shape index (κ1) is 23.3. The highest BCUT2D eigenvalue weighted by Gasteiger charge is 2.32. The summed E-state index contributed by atoms with van der Waals surface area (Å²) in [6.45, 7) is 5.93. The van der Waals surface area contributed by atoms with Gasteiger partial charge in [-0.05, 0) is 66.3 Å². The fraction of sp³-hybridized carbons (Fsp3) is 0.391. The predicted molar refractivity (Wildman–Crippen MR) is 126 cm³/mol. The molecule has 2 heterocycles. The molecule has 0 spiro atoms. The number of esters is 1. The lowest BCUT2D eigenvalue weighted by atomic mass is 9.88. The van der Waals surface area contributed by atoms with Crippen molar-refractivity contribution >= 4 is 40.0 Å². The zero-order chi connectivity index (χ0) is 23.5. The fourth-order valence-corrected chi connectivity index (χ4v) is 6.09. The summed E-state index contributed by atoms with van der Waals surface area (Å²) < 4.78 is 11.7. The van der Waals surface area contributed by atoms with Crippen molar-refractivity contribution in [2.24, 2.45) is 5.92 Å². The molecule has 0 bridgehead atoms. The van der Waals surface area contributed by atoms with Gasteiger partial charge in [0.25, 0.3) is 0 Å². The maximum atomic E-state index is 13.1. The first-order valence-electron chi connectivity index (χ1n) is 10.9. The number of fused-ring (bicyclic) bond motifs is 1. The lowest BCUT2D eigenvalue weighted by molar-refractivity contribution is -0.704. The second kappa shape index (κ2) is 9.96. The number of amides is 1. The zero-order valence-electron chi connectivity index (χ0n) is 18.7. The number of H-pyrrole nitrogens is 1. The fourth-order valence-electron chi connectivity index (χ4n) is 3.80. The minimum Gasteiger partial charge on any atom is -0.462 e. The first-order chi connectivity index (χ1) is 15.9. The summed E-state index contributed by atoms with van der Waals surface area (Å²) >= 11 is 2.53. The standard InChI is InChI=1S/C23H25N3O5S2/c1-4-30-22(28)18-16-11-10-13(2)12-17(16)33-20(18)24-19(27)14(3)32-21-23(29)31-25-26(21)15-8-6-5-7-9-15/h5-9,13-14H,4,10-12H2,1-3H3,(H-,24,25,27,28,29)/p+1. The number of carbonyl (C=O) groups excluding carboxylic acids is 2. The second-order valence-electron chi connectivity index (χ2n) is 7.98. The number of nitrogens with one attached hydrogen (secondary N) is 2. The Morgan fingerprint density at radius 3 is 2.85 bits per heavy atom. The van der Waals surface area contributed by atoms with Gasteiger partial charge in [-0.2, -0.15) is 0 Å². The number of para-hydroxylation sites is 1. The summed E-state index contributed by atoms with van der Waals surface area (Å²) in [6, 6.07) is 9.20. The number of hydrogen-bond acceptors (Lipinski definition) is 7. The number of benzene rings is 1. The molecule has 2 aromatic heterocycles. The van der Waals surface area contributed by atoms with Crippen LogP contribution < -0.4 is 15.6 Å². The van der Waals surface area contributed by atoms with E-state index in [9.17, 15) is 14.4 Å². The van der Waals surface area contributed by atoms with Crippen molar-refractivity contribution < 1.29 is 23.5 Å². The van der Waals surface area contributed by atoms with E-state index < -0.39 is 16.8 Å². The Hall–Kier alpha value is -2.85. The van der Waals surface area contributed by atoms with E-state index in [1.54, 1.807) is 13.8 Å². The number of thiophene rings is 1. The van der Waals surface area contributed by atoms with Crippen LogP contribution in [-0.2, 0) is 22.4 Å². The number of hydrogen-bond donors (Lipinski definition) is 2. The maximum absolute atomic E-state index is 13.1. The minimum atomic E-state index is -0.619. The molecule has 2 unspecified atom stereocenters. The highest BCUT2D eigenvalue weighted by Crippen LogP contribution is 2.40. The molecular weight excluding hydrogens is 462 g/mol. The van der Waals surface area contributed by atoms with E-state index in [0.29, 0.717) is 22.2 Å². The number of thioether (sulfide) groups is 1. The quantitative estimate of drug-likeness (QED) is 0.298. The molecule has 2 N–H and O–H groups in total. The molecular formula is C23H26N3O5S2+. The summed E-state index contributed by atoms with van der Waals surface area (Å²) in [5.41, 5.74) is 1.61. The van der Waals surface area contributed by atoms with Crippen LogP contribution in [0.3, 0.4) is 0 Å². The maximum Gasteiger partial charge on any atom is 0.442 e. The Labute approximate surface area is 199 Å². The third-order valence-corrected chi connectivity index (χ3v) is 7.82. The van der Waals surface area contributed by atoms with Gasteiger partial charge in [0.05, 0.1) is 17.4 Å². The molecule has 1 aliphatic rings. The molecule has 4 rings (SSSR count). The molecule has 33 heavy (non-hydrogen) atoms. The van der Waals surface area contributed by atoms with Crippen LogP contribution in [-0.4, -0.2) is 29.0 Å². The molecule has 8 nitrogen and oxygen atoms in total. The van der Waals surface area contributed by atoms with Gasteiger partial charge < -0.3 is 10.1 Å². The number of ether oxygens (including phenoxy) is 1. The third kappa shape index (κ3) is 4.91. The highest BCUT2D eigenvalue weighted by atomic mass is 32.2. The molecule has 1 aliphatic carbocycles. The van der Waals surface area contributed by atoms with Crippen LogP contribution >= 0.6 is 23.1 Å². The molecule has 3 aromatic rings. The Kier molecular flexibility index (Phi) is 7.04. The Balaban J connectivity index is 1.57. The predicted octanol–water partition coefficient (Wildman–Crippen LogP) is 3.73. The molecule has 2 atom stereocenters. The smallest absolute Gasteiger partial charge is 0.442 e. The van der Waals surface area contributed by atoms with Crippen LogP contribution in [0.2, 0.25) is 0 Å². The molecule has 1 aromatic carbocycles. The van der Waals surface area contributed by atoms with Crippen molar-refractivity contribution in [3.63, 3.8) is 0 Å². The van der Waals surface area contributed by atoms with Crippen LogP contribution in [0.1, 0.15) is 48.0 Å². The molecule has 0 saturated heterocycles. The van der Waals surface area contributed by atoms with Gasteiger partial charge >= 0.3 is 16.6 Å². The van der Waals surface area contributed by atoms with E-state index >= 15 is 0 Å². The highest BCUT2D eigenvalue weighted by molar-refractivity contribution is 8.00. The molecule has 0 saturated carbocycles. The van der Waals surface area contributed by atoms with Gasteiger partial charge in [0.2, 0.25) is 11.6 Å². The molecule has 1 amide bonds. The molecule has 0 aliphatic heterocycles. The Bertz CT molecular complexity index is 1210. The summed E-state index contributed by atoms with van der Waals surface area (Å²) in [4.78, 5) is 39.2. The number of aromatic amines is 1. The van der Waals surface area contributed by atoms with Crippen molar-refractivity contribution in [1.29, 1.82) is 0 Å².